The Kier molecular flexibility index (Phi) is 2.99. The van der Waals surface area contributed by atoms with Crippen molar-refractivity contribution in [3.63, 3.8) is 0 Å². The molecule has 92 valence electrons. The number of rotatable bonds is 2. The average Bonchev–Trinajstić information content (AvgIpc) is 2.46. The molecule has 1 N–H and O–H groups in total. The lowest BCUT2D eigenvalue weighted by Crippen LogP contribution is -1.80. The predicted molar refractivity (Wildman–Crippen MR) is 79.3 cm³/mol. The van der Waals surface area contributed by atoms with Gasteiger partial charge in [0.25, 0.3) is 0 Å². The van der Waals surface area contributed by atoms with E-state index in [1.54, 1.807) is 18.3 Å². The third-order valence-electron chi connectivity index (χ3n) is 3.02. The minimum atomic E-state index is 0.243. The highest BCUT2D eigenvalue weighted by Crippen LogP contribution is 2.21. The summed E-state index contributed by atoms with van der Waals surface area (Å²) >= 11 is 0. The second-order valence-electron chi connectivity index (χ2n) is 4.35. The zero-order valence-electron chi connectivity index (χ0n) is 10.3. The molecule has 19 heavy (non-hydrogen) atoms. The summed E-state index contributed by atoms with van der Waals surface area (Å²) in [7, 11) is 0. The molecule has 2 heteroatoms. The second-order valence-corrected chi connectivity index (χ2v) is 4.35. The van der Waals surface area contributed by atoms with E-state index >= 15 is 0 Å². The highest BCUT2D eigenvalue weighted by Gasteiger charge is 1.96. The lowest BCUT2D eigenvalue weighted by atomic mass is 10.1. The number of fused-ring (bicyclic) bond motifs is 1. The zero-order chi connectivity index (χ0) is 13.1. The fourth-order valence-electron chi connectivity index (χ4n) is 2.00. The van der Waals surface area contributed by atoms with E-state index in [1.807, 2.05) is 42.5 Å². The molecule has 2 nitrogen and oxygen atoms in total. The Morgan fingerprint density at radius 3 is 2.37 bits per heavy atom. The number of nitrogens with zero attached hydrogens (tertiary/aromatic N) is 1. The summed E-state index contributed by atoms with van der Waals surface area (Å²) in [5.74, 6) is 0.243. The molecule has 3 aromatic rings. The molecule has 0 spiro atoms. The van der Waals surface area contributed by atoms with Gasteiger partial charge in [-0.25, -0.2) is 0 Å². The molecule has 0 aromatic heterocycles. The van der Waals surface area contributed by atoms with Crippen LogP contribution < -0.4 is 0 Å². The van der Waals surface area contributed by atoms with Crippen molar-refractivity contribution in [1.29, 1.82) is 0 Å². The highest BCUT2D eigenvalue weighted by atomic mass is 16.3. The maximum absolute atomic E-state index is 9.67. The fraction of sp³-hybridized carbons (Fsp3) is 0. The molecule has 0 bridgehead atoms. The van der Waals surface area contributed by atoms with Gasteiger partial charge < -0.3 is 5.11 Å². The molecule has 0 saturated heterocycles. The molecule has 0 fully saturated rings. The normalized spacial score (nSPS) is 11.2. The Morgan fingerprint density at radius 2 is 1.53 bits per heavy atom. The first-order valence-electron chi connectivity index (χ1n) is 6.14. The number of hydrogen-bond donors (Lipinski definition) is 1. The van der Waals surface area contributed by atoms with Crippen molar-refractivity contribution in [1.82, 2.24) is 0 Å². The molecule has 0 aliphatic rings. The van der Waals surface area contributed by atoms with E-state index in [-0.39, 0.29) is 5.75 Å². The van der Waals surface area contributed by atoms with Crippen LogP contribution in [0.5, 0.6) is 5.75 Å². The number of aromatic hydroxyl groups is 1. The van der Waals surface area contributed by atoms with Crippen LogP contribution in [0, 0.1) is 0 Å². The lowest BCUT2D eigenvalue weighted by Gasteiger charge is -2.00. The summed E-state index contributed by atoms with van der Waals surface area (Å²) in [6, 6.07) is 21.4. The van der Waals surface area contributed by atoms with Crippen LogP contribution in [-0.2, 0) is 0 Å². The summed E-state index contributed by atoms with van der Waals surface area (Å²) in [4.78, 5) is 4.40. The standard InChI is InChI=1S/C17H13NO/c19-17-8-4-3-7-15(17)12-18-16-10-9-13-5-1-2-6-14(13)11-16/h1-12,19H. The van der Waals surface area contributed by atoms with E-state index in [0.29, 0.717) is 0 Å². The summed E-state index contributed by atoms with van der Waals surface area (Å²) in [5, 5.41) is 12.0. The summed E-state index contributed by atoms with van der Waals surface area (Å²) < 4.78 is 0. The van der Waals surface area contributed by atoms with Gasteiger partial charge in [-0.2, -0.15) is 0 Å². The number of para-hydroxylation sites is 1. The van der Waals surface area contributed by atoms with Crippen LogP contribution in [0.1, 0.15) is 5.56 Å². The number of aliphatic imine (C=N–C) groups is 1. The minimum absolute atomic E-state index is 0.243. The smallest absolute Gasteiger partial charge is 0.124 e. The molecule has 0 atom stereocenters. The van der Waals surface area contributed by atoms with Crippen LogP contribution in [0.25, 0.3) is 10.8 Å². The summed E-state index contributed by atoms with van der Waals surface area (Å²) in [5.41, 5.74) is 1.60. The first-order valence-corrected chi connectivity index (χ1v) is 6.14. The topological polar surface area (TPSA) is 32.6 Å². The van der Waals surface area contributed by atoms with E-state index in [1.165, 1.54) is 5.39 Å². The fourth-order valence-corrected chi connectivity index (χ4v) is 2.00. The van der Waals surface area contributed by atoms with Crippen LogP contribution in [0.4, 0.5) is 5.69 Å². The molecule has 3 rings (SSSR count). The van der Waals surface area contributed by atoms with Crippen molar-refractivity contribution in [2.75, 3.05) is 0 Å². The first kappa shape index (κ1) is 11.5. The van der Waals surface area contributed by atoms with Gasteiger partial charge in [0.05, 0.1) is 5.69 Å². The molecule has 0 radical (unpaired) electrons. The van der Waals surface area contributed by atoms with Crippen LogP contribution in [0.3, 0.4) is 0 Å². The molecule has 0 saturated carbocycles. The third kappa shape index (κ3) is 2.47. The Bertz CT molecular complexity index is 747. The van der Waals surface area contributed by atoms with Crippen LogP contribution in [0.15, 0.2) is 71.7 Å². The van der Waals surface area contributed by atoms with Gasteiger partial charge in [-0.3, -0.25) is 4.99 Å². The summed E-state index contributed by atoms with van der Waals surface area (Å²) in [6.07, 6.45) is 1.68. The Hall–Kier alpha value is -2.61. The van der Waals surface area contributed by atoms with Gasteiger partial charge in [0.15, 0.2) is 0 Å². The largest absolute Gasteiger partial charge is 0.507 e. The molecule has 0 amide bonds. The van der Waals surface area contributed by atoms with E-state index in [2.05, 4.69) is 17.1 Å². The molecule has 0 aliphatic carbocycles. The molecular formula is C17H13NO. The quantitative estimate of drug-likeness (QED) is 0.673. The van der Waals surface area contributed by atoms with Crippen molar-refractivity contribution in [2.24, 2.45) is 4.99 Å². The second kappa shape index (κ2) is 4.94. The van der Waals surface area contributed by atoms with Crippen LogP contribution in [0.2, 0.25) is 0 Å². The van der Waals surface area contributed by atoms with Gasteiger partial charge in [-0.1, -0.05) is 42.5 Å². The van der Waals surface area contributed by atoms with Crippen LogP contribution in [-0.4, -0.2) is 11.3 Å². The molecular weight excluding hydrogens is 234 g/mol. The average molecular weight is 247 g/mol. The molecule has 3 aromatic carbocycles. The van der Waals surface area contributed by atoms with E-state index in [0.717, 1.165) is 16.6 Å². The van der Waals surface area contributed by atoms with Crippen molar-refractivity contribution >= 4 is 22.7 Å². The molecule has 0 unspecified atom stereocenters. The van der Waals surface area contributed by atoms with Gasteiger partial charge in [0, 0.05) is 11.8 Å². The first-order chi connectivity index (χ1) is 9.33. The Balaban J connectivity index is 1.95. The van der Waals surface area contributed by atoms with E-state index in [9.17, 15) is 5.11 Å². The van der Waals surface area contributed by atoms with Gasteiger partial charge in [0.2, 0.25) is 0 Å². The minimum Gasteiger partial charge on any atom is -0.507 e. The maximum Gasteiger partial charge on any atom is 0.124 e. The predicted octanol–water partition coefficient (Wildman–Crippen LogP) is 4.30. The summed E-state index contributed by atoms with van der Waals surface area (Å²) in [6.45, 7) is 0. The van der Waals surface area contributed by atoms with E-state index < -0.39 is 0 Å². The lowest BCUT2D eigenvalue weighted by molar-refractivity contribution is 0.474. The monoisotopic (exact) mass is 247 g/mol. The highest BCUT2D eigenvalue weighted by molar-refractivity contribution is 5.88. The van der Waals surface area contributed by atoms with Gasteiger partial charge in [-0.15, -0.1) is 0 Å². The van der Waals surface area contributed by atoms with Crippen molar-refractivity contribution in [3.8, 4) is 5.75 Å². The van der Waals surface area contributed by atoms with Crippen LogP contribution >= 0.6 is 0 Å². The number of phenolic OH excluding ortho intramolecular Hbond substituents is 1. The third-order valence-corrected chi connectivity index (χ3v) is 3.02. The maximum atomic E-state index is 9.67. The number of benzene rings is 3. The Labute approximate surface area is 111 Å². The number of hydrogen-bond acceptors (Lipinski definition) is 2. The van der Waals surface area contributed by atoms with Crippen molar-refractivity contribution < 1.29 is 5.11 Å². The molecule has 0 heterocycles. The number of phenols is 1. The molecule has 0 aliphatic heterocycles. The Morgan fingerprint density at radius 1 is 0.789 bits per heavy atom. The van der Waals surface area contributed by atoms with Gasteiger partial charge in [0.1, 0.15) is 5.75 Å². The van der Waals surface area contributed by atoms with Gasteiger partial charge >= 0.3 is 0 Å². The van der Waals surface area contributed by atoms with Crippen molar-refractivity contribution in [2.45, 2.75) is 0 Å². The zero-order valence-corrected chi connectivity index (χ0v) is 10.3. The SMILES string of the molecule is Oc1ccccc1C=Nc1ccc2ccccc2c1. The van der Waals surface area contributed by atoms with E-state index in [4.69, 9.17) is 0 Å². The van der Waals surface area contributed by atoms with Gasteiger partial charge in [-0.05, 0) is 35.0 Å². The van der Waals surface area contributed by atoms with Crippen molar-refractivity contribution in [3.05, 3.63) is 72.3 Å².